The Morgan fingerprint density at radius 1 is 1.18 bits per heavy atom. The van der Waals surface area contributed by atoms with Crippen molar-refractivity contribution in [3.8, 4) is 0 Å². The van der Waals surface area contributed by atoms with Crippen molar-refractivity contribution in [2.45, 2.75) is 69.1 Å². The van der Waals surface area contributed by atoms with E-state index in [-0.39, 0.29) is 17.4 Å². The Morgan fingerprint density at radius 3 is 2.71 bits per heavy atom. The lowest BCUT2D eigenvalue weighted by Crippen LogP contribution is -2.71. The minimum Gasteiger partial charge on any atom is -0.387 e. The summed E-state index contributed by atoms with van der Waals surface area (Å²) in [6, 6.07) is 6.13. The van der Waals surface area contributed by atoms with Crippen molar-refractivity contribution in [3.63, 3.8) is 0 Å². The summed E-state index contributed by atoms with van der Waals surface area (Å²) in [5.41, 5.74) is 8.78. The van der Waals surface area contributed by atoms with Crippen LogP contribution in [0.25, 0.3) is 0 Å². The first-order chi connectivity index (χ1) is 16.4. The number of hydrogen-bond donors (Lipinski definition) is 2. The topological polar surface area (TPSA) is 87.6 Å². The number of carbonyl (C=O) groups is 1. The fraction of sp³-hybridized carbons (Fsp3) is 0.630. The Morgan fingerprint density at radius 2 is 1.97 bits per heavy atom. The van der Waals surface area contributed by atoms with E-state index < -0.39 is 5.60 Å². The van der Waals surface area contributed by atoms with Gasteiger partial charge in [0, 0.05) is 42.9 Å². The number of benzene rings is 1. The van der Waals surface area contributed by atoms with Crippen LogP contribution < -0.4 is 5.73 Å². The summed E-state index contributed by atoms with van der Waals surface area (Å²) in [6.07, 6.45) is 10.1. The molecule has 2 bridgehead atoms. The third-order valence-electron chi connectivity index (χ3n) is 9.23. The molecular weight excluding hydrogens is 426 g/mol. The van der Waals surface area contributed by atoms with Crippen molar-refractivity contribution >= 4 is 5.91 Å². The number of aliphatic hydroxyl groups is 1. The molecule has 6 rings (SSSR count). The number of amides is 1. The maximum atomic E-state index is 12.6. The van der Waals surface area contributed by atoms with Crippen molar-refractivity contribution in [3.05, 3.63) is 52.8 Å². The van der Waals surface area contributed by atoms with Gasteiger partial charge in [0.2, 0.25) is 5.91 Å². The van der Waals surface area contributed by atoms with Crippen LogP contribution in [0.3, 0.4) is 0 Å². The van der Waals surface area contributed by atoms with Gasteiger partial charge < -0.3 is 15.7 Å². The molecule has 0 radical (unpaired) electrons. The molecule has 3 N–H and O–H groups in total. The second-order valence-corrected chi connectivity index (χ2v) is 11.3. The van der Waals surface area contributed by atoms with Crippen LogP contribution in [0.15, 0.2) is 30.6 Å². The van der Waals surface area contributed by atoms with E-state index in [1.54, 1.807) is 0 Å². The van der Waals surface area contributed by atoms with Crippen molar-refractivity contribution in [2.24, 2.45) is 11.7 Å². The van der Waals surface area contributed by atoms with Gasteiger partial charge in [0.05, 0.1) is 18.3 Å². The summed E-state index contributed by atoms with van der Waals surface area (Å²) < 4.78 is 2.02. The molecule has 3 heterocycles. The fourth-order valence-corrected chi connectivity index (χ4v) is 7.13. The normalized spacial score (nSPS) is 31.5. The van der Waals surface area contributed by atoms with Gasteiger partial charge in [0.15, 0.2) is 0 Å². The number of nitrogens with two attached hydrogens (primary N) is 1. The van der Waals surface area contributed by atoms with Crippen LogP contribution in [0.4, 0.5) is 0 Å². The number of rotatable bonds is 6. The zero-order chi connectivity index (χ0) is 23.5. The molecule has 3 atom stereocenters. The van der Waals surface area contributed by atoms with Crippen molar-refractivity contribution in [1.29, 1.82) is 0 Å². The minimum absolute atomic E-state index is 0.141. The first-order valence-corrected chi connectivity index (χ1v) is 13.0. The van der Waals surface area contributed by atoms with E-state index in [1.807, 2.05) is 23.0 Å². The SMILES string of the molecule is Cc1cnn(CCN2CC[C@]34CCN(CC5CC5)[C@H](Cc5ccc(C(N)=O)cc53)[C@]4(O)CC2)c1. The summed E-state index contributed by atoms with van der Waals surface area (Å²) in [6.45, 7) is 7.82. The van der Waals surface area contributed by atoms with Gasteiger partial charge in [-0.2, -0.15) is 5.10 Å². The number of likely N-dealkylation sites (tertiary alicyclic amines) is 2. The Balaban J connectivity index is 1.33. The van der Waals surface area contributed by atoms with Gasteiger partial charge in [-0.3, -0.25) is 14.4 Å². The predicted octanol–water partition coefficient (Wildman–Crippen LogP) is 2.10. The third kappa shape index (κ3) is 3.60. The molecule has 2 saturated heterocycles. The van der Waals surface area contributed by atoms with Gasteiger partial charge in [-0.15, -0.1) is 0 Å². The molecule has 0 spiro atoms. The molecule has 4 aliphatic rings. The largest absolute Gasteiger partial charge is 0.387 e. The molecule has 1 amide bonds. The number of hydrogen-bond acceptors (Lipinski definition) is 5. The average Bonchev–Trinajstić information content (AvgIpc) is 3.56. The molecule has 1 aromatic carbocycles. The Kier molecular flexibility index (Phi) is 5.35. The number of aryl methyl sites for hydroxylation is 1. The first-order valence-electron chi connectivity index (χ1n) is 13.0. The Labute approximate surface area is 201 Å². The van der Waals surface area contributed by atoms with Crippen LogP contribution in [-0.2, 0) is 18.4 Å². The second-order valence-electron chi connectivity index (χ2n) is 11.3. The van der Waals surface area contributed by atoms with E-state index in [9.17, 15) is 9.90 Å². The second kappa shape index (κ2) is 8.18. The van der Waals surface area contributed by atoms with Crippen molar-refractivity contribution in [2.75, 3.05) is 32.7 Å². The molecule has 34 heavy (non-hydrogen) atoms. The van der Waals surface area contributed by atoms with E-state index in [0.717, 1.165) is 70.9 Å². The van der Waals surface area contributed by atoms with E-state index in [4.69, 9.17) is 5.73 Å². The molecule has 2 aliphatic heterocycles. The summed E-state index contributed by atoms with van der Waals surface area (Å²) in [5.74, 6) is 0.412. The zero-order valence-electron chi connectivity index (χ0n) is 20.2. The number of carbonyl (C=O) groups excluding carboxylic acids is 1. The number of aromatic nitrogens is 2. The lowest BCUT2D eigenvalue weighted by Gasteiger charge is -2.61. The predicted molar refractivity (Wildman–Crippen MR) is 131 cm³/mol. The average molecular weight is 464 g/mol. The van der Waals surface area contributed by atoms with E-state index in [0.29, 0.717) is 5.56 Å². The molecule has 0 unspecified atom stereocenters. The first kappa shape index (κ1) is 22.3. The maximum absolute atomic E-state index is 12.6. The van der Waals surface area contributed by atoms with Gasteiger partial charge in [-0.05, 0) is 93.3 Å². The van der Waals surface area contributed by atoms with Crippen molar-refractivity contribution < 1.29 is 9.90 Å². The van der Waals surface area contributed by atoms with Crippen LogP contribution in [-0.4, -0.2) is 75.0 Å². The summed E-state index contributed by atoms with van der Waals surface area (Å²) in [4.78, 5) is 17.2. The van der Waals surface area contributed by atoms with Crippen LogP contribution in [0.2, 0.25) is 0 Å². The lowest BCUT2D eigenvalue weighted by molar-refractivity contribution is -0.149. The highest BCUT2D eigenvalue weighted by molar-refractivity contribution is 5.93. The fourth-order valence-electron chi connectivity index (χ4n) is 7.13. The van der Waals surface area contributed by atoms with Crippen LogP contribution in [0.1, 0.15) is 59.2 Å². The highest BCUT2D eigenvalue weighted by Crippen LogP contribution is 2.56. The molecule has 2 aromatic rings. The van der Waals surface area contributed by atoms with Gasteiger partial charge in [-0.1, -0.05) is 6.07 Å². The summed E-state index contributed by atoms with van der Waals surface area (Å²) >= 11 is 0. The monoisotopic (exact) mass is 463 g/mol. The highest BCUT2D eigenvalue weighted by atomic mass is 16.3. The van der Waals surface area contributed by atoms with Gasteiger partial charge in [0.25, 0.3) is 0 Å². The molecule has 1 saturated carbocycles. The molecule has 182 valence electrons. The van der Waals surface area contributed by atoms with E-state index in [1.165, 1.54) is 29.5 Å². The Hall–Kier alpha value is -2.22. The van der Waals surface area contributed by atoms with E-state index >= 15 is 0 Å². The van der Waals surface area contributed by atoms with Crippen LogP contribution in [0.5, 0.6) is 0 Å². The number of nitrogens with zero attached hydrogens (tertiary/aromatic N) is 4. The quantitative estimate of drug-likeness (QED) is 0.685. The lowest BCUT2D eigenvalue weighted by atomic mass is 9.52. The zero-order valence-corrected chi connectivity index (χ0v) is 20.2. The standard InChI is InChI=1S/C27H37N5O2/c1-19-16-29-32(17-19)13-12-30-9-6-26-7-11-31(18-20-2-3-20)24(27(26,34)8-10-30)15-21-4-5-22(25(28)33)14-23(21)26/h4-5,14,16-17,20,24,34H,2-3,6-13,15,18H2,1H3,(H2,28,33)/t24-,26+,27-/m1/s1. The van der Waals surface area contributed by atoms with Gasteiger partial charge in [-0.25, -0.2) is 0 Å². The number of piperidine rings is 1. The highest BCUT2D eigenvalue weighted by Gasteiger charge is 2.63. The molecule has 3 fully saturated rings. The summed E-state index contributed by atoms with van der Waals surface area (Å²) in [5, 5.41) is 17.1. The van der Waals surface area contributed by atoms with E-state index in [2.05, 4.69) is 34.1 Å². The van der Waals surface area contributed by atoms with Crippen molar-refractivity contribution in [1.82, 2.24) is 19.6 Å². The number of fused-ring (bicyclic) bond motifs is 1. The third-order valence-corrected chi connectivity index (χ3v) is 9.23. The van der Waals surface area contributed by atoms with Gasteiger partial charge in [0.1, 0.15) is 0 Å². The molecule has 7 nitrogen and oxygen atoms in total. The molecule has 2 aliphatic carbocycles. The maximum Gasteiger partial charge on any atom is 0.248 e. The Bertz CT molecular complexity index is 1090. The smallest absolute Gasteiger partial charge is 0.248 e. The van der Waals surface area contributed by atoms with Crippen LogP contribution >= 0.6 is 0 Å². The molecule has 1 aromatic heterocycles. The number of primary amides is 1. The minimum atomic E-state index is -0.791. The molecular formula is C27H37N5O2. The van der Waals surface area contributed by atoms with Gasteiger partial charge >= 0.3 is 0 Å². The summed E-state index contributed by atoms with van der Waals surface area (Å²) in [7, 11) is 0. The molecule has 7 heteroatoms. The van der Waals surface area contributed by atoms with Crippen LogP contribution in [0, 0.1) is 12.8 Å².